The fourth-order valence-corrected chi connectivity index (χ4v) is 1.66. The Morgan fingerprint density at radius 2 is 2.06 bits per heavy atom. The topological polar surface area (TPSA) is 89.9 Å². The van der Waals surface area contributed by atoms with Gasteiger partial charge in [-0.05, 0) is 33.8 Å². The zero-order valence-electron chi connectivity index (χ0n) is 11.6. The lowest BCUT2D eigenvalue weighted by Crippen LogP contribution is -2.50. The number of hydrogen-bond acceptors (Lipinski definition) is 3. The molecule has 0 spiro atoms. The molecule has 0 radical (unpaired) electrons. The maximum absolute atomic E-state index is 12.0. The molecule has 0 aliphatic heterocycles. The fraction of sp³-hybridized carbons (Fsp3) is 0.500. The summed E-state index contributed by atoms with van der Waals surface area (Å²) in [7, 11) is 1.78. The minimum atomic E-state index is -0.311. The Morgan fingerprint density at radius 1 is 1.50 bits per heavy atom. The van der Waals surface area contributed by atoms with E-state index in [1.807, 2.05) is 25.3 Å². The summed E-state index contributed by atoms with van der Waals surface area (Å²) in [6, 6.07) is 0. The maximum atomic E-state index is 12.0. The molecule has 6 heteroatoms. The summed E-state index contributed by atoms with van der Waals surface area (Å²) < 4.78 is 3.55. The second-order valence-corrected chi connectivity index (χ2v) is 5.20. The van der Waals surface area contributed by atoms with Gasteiger partial charge in [-0.2, -0.15) is 0 Å². The van der Waals surface area contributed by atoms with Crippen molar-refractivity contribution in [3.05, 3.63) is 23.9 Å². The molecule has 1 aromatic heterocycles. The van der Waals surface area contributed by atoms with Crippen LogP contribution in [0, 0.1) is 0 Å². The molecule has 1 amide bonds. The average molecular weight is 252 g/mol. The third-order valence-electron chi connectivity index (χ3n) is 2.65. The van der Waals surface area contributed by atoms with Gasteiger partial charge in [0, 0.05) is 0 Å². The lowest BCUT2D eigenvalue weighted by molar-refractivity contribution is -0.740. The lowest BCUT2D eigenvalue weighted by Gasteiger charge is -2.16. The van der Waals surface area contributed by atoms with Gasteiger partial charge in [-0.3, -0.25) is 9.36 Å². The highest BCUT2D eigenvalue weighted by Gasteiger charge is 2.30. The van der Waals surface area contributed by atoms with Crippen LogP contribution in [-0.2, 0) is 12.6 Å². The Hall–Kier alpha value is -1.98. The predicted octanol–water partition coefficient (Wildman–Crippen LogP) is 0.200. The van der Waals surface area contributed by atoms with Crippen LogP contribution in [0.5, 0.6) is 0 Å². The van der Waals surface area contributed by atoms with E-state index in [0.29, 0.717) is 17.3 Å². The molecule has 0 saturated carbocycles. The second kappa shape index (κ2) is 4.72. The molecule has 0 unspecified atom stereocenters. The van der Waals surface area contributed by atoms with Gasteiger partial charge in [-0.25, -0.2) is 4.57 Å². The highest BCUT2D eigenvalue weighted by Crippen LogP contribution is 2.13. The molecule has 1 aromatic rings. The summed E-state index contributed by atoms with van der Waals surface area (Å²) in [5, 5.41) is 2.58. The van der Waals surface area contributed by atoms with Crippen molar-refractivity contribution in [1.29, 1.82) is 0 Å². The number of imidazole rings is 1. The monoisotopic (exact) mass is 252 g/mol. The third-order valence-corrected chi connectivity index (χ3v) is 2.65. The molecule has 0 fully saturated rings. The van der Waals surface area contributed by atoms with Crippen LogP contribution in [0.2, 0.25) is 0 Å². The first-order valence-electron chi connectivity index (χ1n) is 5.78. The number of amides is 1. The lowest BCUT2D eigenvalue weighted by atomic mass is 10.1. The van der Waals surface area contributed by atoms with E-state index in [4.69, 9.17) is 11.5 Å². The van der Waals surface area contributed by atoms with Crippen molar-refractivity contribution in [1.82, 2.24) is 9.88 Å². The van der Waals surface area contributed by atoms with Crippen molar-refractivity contribution < 1.29 is 9.36 Å². The Morgan fingerprint density at radius 3 is 2.44 bits per heavy atom. The van der Waals surface area contributed by atoms with E-state index < -0.39 is 0 Å². The number of anilines is 1. The van der Waals surface area contributed by atoms with Gasteiger partial charge in [0.25, 0.3) is 11.7 Å². The third kappa shape index (κ3) is 2.64. The molecule has 1 rings (SSSR count). The summed E-state index contributed by atoms with van der Waals surface area (Å²) in [5.74, 6) is 0.419. The number of carbonyl (C=O) groups excluding carboxylic acids is 1. The molecular formula is C12H22N5O+. The van der Waals surface area contributed by atoms with Crippen molar-refractivity contribution in [2.45, 2.75) is 33.2 Å². The van der Waals surface area contributed by atoms with E-state index in [9.17, 15) is 4.79 Å². The molecule has 6 nitrogen and oxygen atoms in total. The predicted molar refractivity (Wildman–Crippen MR) is 70.4 cm³/mol. The summed E-state index contributed by atoms with van der Waals surface area (Å²) in [5.41, 5.74) is 11.8. The van der Waals surface area contributed by atoms with Crippen LogP contribution >= 0.6 is 0 Å². The van der Waals surface area contributed by atoms with Crippen LogP contribution in [-0.4, -0.2) is 10.5 Å². The van der Waals surface area contributed by atoms with Gasteiger partial charge in [-0.1, -0.05) is 0 Å². The standard InChI is InChI=1S/C12H21N5O/c1-6-8(13)15-11(18)9-10(14)17(7-16(9)5)12(2,3)4/h6-7H,13H2,1-5H3,(H2-,14,15,18)/p+1/b8-6-. The number of hydrogen-bond donors (Lipinski definition) is 3. The second-order valence-electron chi connectivity index (χ2n) is 5.20. The number of rotatable bonds is 2. The molecule has 0 atom stereocenters. The number of aryl methyl sites for hydroxylation is 1. The minimum Gasteiger partial charge on any atom is -0.385 e. The quantitative estimate of drug-likeness (QED) is 0.657. The normalized spacial score (nSPS) is 12.6. The smallest absolute Gasteiger partial charge is 0.295 e. The molecular weight excluding hydrogens is 230 g/mol. The van der Waals surface area contributed by atoms with E-state index in [1.54, 1.807) is 30.9 Å². The van der Waals surface area contributed by atoms with Gasteiger partial charge >= 0.3 is 0 Å². The van der Waals surface area contributed by atoms with Crippen molar-refractivity contribution >= 4 is 11.7 Å². The molecule has 5 N–H and O–H groups in total. The highest BCUT2D eigenvalue weighted by atomic mass is 16.2. The first-order chi connectivity index (χ1) is 8.18. The van der Waals surface area contributed by atoms with Crippen LogP contribution in [0.3, 0.4) is 0 Å². The van der Waals surface area contributed by atoms with E-state index >= 15 is 0 Å². The van der Waals surface area contributed by atoms with E-state index in [-0.39, 0.29) is 11.4 Å². The Labute approximate surface area is 107 Å². The molecule has 0 aliphatic carbocycles. The van der Waals surface area contributed by atoms with Crippen LogP contribution in [0.15, 0.2) is 18.2 Å². The van der Waals surface area contributed by atoms with Gasteiger partial charge in [0.1, 0.15) is 0 Å². The number of nitrogens with zero attached hydrogens (tertiary/aromatic N) is 2. The Kier molecular flexibility index (Phi) is 3.69. The molecule has 100 valence electrons. The van der Waals surface area contributed by atoms with Crippen LogP contribution in [0.4, 0.5) is 5.82 Å². The molecule has 0 aromatic carbocycles. The summed E-state index contributed by atoms with van der Waals surface area (Å²) in [6.07, 6.45) is 3.42. The number of carbonyl (C=O) groups is 1. The van der Waals surface area contributed by atoms with Crippen molar-refractivity contribution in [3.8, 4) is 0 Å². The number of nitrogens with two attached hydrogens (primary N) is 2. The van der Waals surface area contributed by atoms with Crippen molar-refractivity contribution in [2.24, 2.45) is 12.8 Å². The first kappa shape index (κ1) is 14.1. The summed E-state index contributed by atoms with van der Waals surface area (Å²) in [4.78, 5) is 12.0. The molecule has 18 heavy (non-hydrogen) atoms. The van der Waals surface area contributed by atoms with Crippen LogP contribution < -0.4 is 21.4 Å². The van der Waals surface area contributed by atoms with Gasteiger partial charge < -0.3 is 16.8 Å². The molecule has 0 saturated heterocycles. The van der Waals surface area contributed by atoms with Crippen molar-refractivity contribution in [3.63, 3.8) is 0 Å². The highest BCUT2D eigenvalue weighted by molar-refractivity contribution is 5.97. The maximum Gasteiger partial charge on any atom is 0.295 e. The van der Waals surface area contributed by atoms with E-state index in [1.165, 1.54) is 0 Å². The molecule has 0 aliphatic rings. The van der Waals surface area contributed by atoms with Gasteiger partial charge in [0.15, 0.2) is 6.33 Å². The van der Waals surface area contributed by atoms with Gasteiger partial charge in [-0.15, -0.1) is 0 Å². The zero-order valence-corrected chi connectivity index (χ0v) is 11.6. The number of allylic oxidation sites excluding steroid dienone is 1. The minimum absolute atomic E-state index is 0.188. The number of nitrogen functional groups attached to an aromatic ring is 1. The van der Waals surface area contributed by atoms with Gasteiger partial charge in [0.05, 0.1) is 18.4 Å². The van der Waals surface area contributed by atoms with E-state index in [0.717, 1.165) is 0 Å². The SMILES string of the molecule is C/C=C(/N)NC(=O)c1c(N)[n+](C(C)(C)C)cn1C. The Bertz CT molecular complexity index is 493. The first-order valence-corrected chi connectivity index (χ1v) is 5.78. The van der Waals surface area contributed by atoms with Crippen LogP contribution in [0.1, 0.15) is 38.2 Å². The fourth-order valence-electron chi connectivity index (χ4n) is 1.66. The van der Waals surface area contributed by atoms with Gasteiger partial charge in [0.2, 0.25) is 5.69 Å². The molecule has 0 bridgehead atoms. The molecule has 1 heterocycles. The number of aromatic nitrogens is 2. The average Bonchev–Trinajstić information content (AvgIpc) is 2.53. The van der Waals surface area contributed by atoms with Crippen LogP contribution in [0.25, 0.3) is 0 Å². The summed E-state index contributed by atoms with van der Waals surface area (Å²) in [6.45, 7) is 7.81. The van der Waals surface area contributed by atoms with E-state index in [2.05, 4.69) is 5.32 Å². The summed E-state index contributed by atoms with van der Waals surface area (Å²) >= 11 is 0. The van der Waals surface area contributed by atoms with Crippen molar-refractivity contribution in [2.75, 3.05) is 5.73 Å². The number of nitrogens with one attached hydrogen (secondary N) is 1. The zero-order chi connectivity index (χ0) is 14.1. The Balaban J connectivity index is 3.19. The largest absolute Gasteiger partial charge is 0.385 e.